The Hall–Kier alpha value is -0.650. The van der Waals surface area contributed by atoms with Crippen LogP contribution in [0.15, 0.2) is 0 Å². The highest BCUT2D eigenvalue weighted by atomic mass is 16.5. The number of nitrogens with two attached hydrogens (primary N) is 1. The highest BCUT2D eigenvalue weighted by molar-refractivity contribution is 5.78. The highest BCUT2D eigenvalue weighted by Gasteiger charge is 2.41. The molecule has 5 heteroatoms. The molecular weight excluding hydrogens is 208 g/mol. The topological polar surface area (TPSA) is 75.8 Å². The van der Waals surface area contributed by atoms with Crippen molar-refractivity contribution in [3.8, 4) is 0 Å². The van der Waals surface area contributed by atoms with Gasteiger partial charge in [0, 0.05) is 26.1 Å². The minimum atomic E-state index is -0.319. The smallest absolute Gasteiger partial charge is 0.236 e. The predicted octanol–water partition coefficient (Wildman–Crippen LogP) is -0.522. The molecule has 0 aromatic rings. The van der Waals surface area contributed by atoms with Gasteiger partial charge in [0.05, 0.1) is 18.2 Å². The molecule has 0 aromatic heterocycles. The molecule has 1 spiro atoms. The van der Waals surface area contributed by atoms with E-state index in [0.29, 0.717) is 26.0 Å². The summed E-state index contributed by atoms with van der Waals surface area (Å²) in [5.41, 5.74) is 5.05. The maximum atomic E-state index is 11.6. The molecule has 2 aliphatic rings. The molecule has 0 bridgehead atoms. The Morgan fingerprint density at radius 1 is 1.62 bits per heavy atom. The van der Waals surface area contributed by atoms with E-state index in [-0.39, 0.29) is 24.2 Å². The lowest BCUT2D eigenvalue weighted by Gasteiger charge is -2.46. The van der Waals surface area contributed by atoms with Gasteiger partial charge in [0.25, 0.3) is 0 Å². The van der Waals surface area contributed by atoms with E-state index in [1.165, 1.54) is 0 Å². The van der Waals surface area contributed by atoms with E-state index in [4.69, 9.17) is 10.5 Å². The van der Waals surface area contributed by atoms with E-state index in [9.17, 15) is 9.90 Å². The van der Waals surface area contributed by atoms with Crippen LogP contribution in [0.4, 0.5) is 0 Å². The van der Waals surface area contributed by atoms with Crippen molar-refractivity contribution in [1.29, 1.82) is 0 Å². The Bertz CT molecular complexity index is 268. The van der Waals surface area contributed by atoms with Crippen molar-refractivity contribution in [2.75, 3.05) is 26.2 Å². The van der Waals surface area contributed by atoms with Crippen LogP contribution in [0, 0.1) is 0 Å². The van der Waals surface area contributed by atoms with Crippen LogP contribution >= 0.6 is 0 Å². The molecule has 92 valence electrons. The van der Waals surface area contributed by atoms with Crippen molar-refractivity contribution >= 4 is 5.91 Å². The van der Waals surface area contributed by atoms with Gasteiger partial charge in [0.15, 0.2) is 0 Å². The molecule has 2 heterocycles. The maximum Gasteiger partial charge on any atom is 0.236 e. The summed E-state index contributed by atoms with van der Waals surface area (Å²) in [6, 6.07) is 0. The van der Waals surface area contributed by atoms with Crippen LogP contribution in [0.3, 0.4) is 0 Å². The Balaban J connectivity index is 2.02. The number of hydrogen-bond acceptors (Lipinski definition) is 4. The third-order valence-electron chi connectivity index (χ3n) is 3.53. The average Bonchev–Trinajstić information content (AvgIpc) is 2.28. The third kappa shape index (κ3) is 2.36. The lowest BCUT2D eigenvalue weighted by molar-refractivity contribution is -0.160. The van der Waals surface area contributed by atoms with Crippen LogP contribution in [0.25, 0.3) is 0 Å². The second-order valence-corrected chi connectivity index (χ2v) is 4.80. The Morgan fingerprint density at radius 3 is 3.12 bits per heavy atom. The molecule has 2 unspecified atom stereocenters. The first-order valence-corrected chi connectivity index (χ1v) is 5.95. The molecule has 0 aliphatic carbocycles. The number of ether oxygens (including phenoxy) is 1. The zero-order chi connectivity index (χ0) is 11.6. The minimum absolute atomic E-state index is 0.0252. The van der Waals surface area contributed by atoms with Gasteiger partial charge in [-0.3, -0.25) is 4.79 Å². The van der Waals surface area contributed by atoms with Crippen molar-refractivity contribution < 1.29 is 14.6 Å². The molecule has 5 nitrogen and oxygen atoms in total. The lowest BCUT2D eigenvalue weighted by Crippen LogP contribution is -2.56. The first-order valence-electron chi connectivity index (χ1n) is 5.95. The number of likely N-dealkylation sites (tertiary alicyclic amines) is 1. The van der Waals surface area contributed by atoms with Crippen LogP contribution < -0.4 is 5.73 Å². The summed E-state index contributed by atoms with van der Waals surface area (Å²) in [4.78, 5) is 13.3. The van der Waals surface area contributed by atoms with Crippen LogP contribution in [0.2, 0.25) is 0 Å². The molecule has 2 saturated heterocycles. The van der Waals surface area contributed by atoms with E-state index in [1.807, 2.05) is 0 Å². The van der Waals surface area contributed by atoms with Crippen molar-refractivity contribution in [2.45, 2.75) is 37.4 Å². The normalized spacial score (nSPS) is 35.4. The van der Waals surface area contributed by atoms with Gasteiger partial charge >= 0.3 is 0 Å². The van der Waals surface area contributed by atoms with Crippen LogP contribution in [-0.4, -0.2) is 53.9 Å². The molecule has 0 saturated carbocycles. The molecule has 1 amide bonds. The van der Waals surface area contributed by atoms with Gasteiger partial charge in [0.2, 0.25) is 5.91 Å². The van der Waals surface area contributed by atoms with Gasteiger partial charge in [-0.25, -0.2) is 0 Å². The molecule has 0 aromatic carbocycles. The van der Waals surface area contributed by atoms with Crippen LogP contribution in [-0.2, 0) is 9.53 Å². The summed E-state index contributed by atoms with van der Waals surface area (Å²) in [7, 11) is 0. The SMILES string of the molecule is NCC(=O)N1CCCC2(CC(O)CCO2)C1. The predicted molar refractivity (Wildman–Crippen MR) is 58.8 cm³/mol. The summed E-state index contributed by atoms with van der Waals surface area (Å²) in [6.07, 6.45) is 2.91. The van der Waals surface area contributed by atoms with Crippen LogP contribution in [0.5, 0.6) is 0 Å². The fourth-order valence-corrected chi connectivity index (χ4v) is 2.73. The maximum absolute atomic E-state index is 11.6. The number of aliphatic hydroxyl groups is 1. The molecule has 2 fully saturated rings. The van der Waals surface area contributed by atoms with Gasteiger partial charge in [-0.1, -0.05) is 0 Å². The van der Waals surface area contributed by atoms with Crippen molar-refractivity contribution in [3.05, 3.63) is 0 Å². The molecule has 2 aliphatic heterocycles. The number of aliphatic hydroxyl groups excluding tert-OH is 1. The van der Waals surface area contributed by atoms with Crippen molar-refractivity contribution in [3.63, 3.8) is 0 Å². The zero-order valence-electron chi connectivity index (χ0n) is 9.52. The Labute approximate surface area is 95.5 Å². The first kappa shape index (κ1) is 11.8. The number of rotatable bonds is 1. The largest absolute Gasteiger partial charge is 0.393 e. The third-order valence-corrected chi connectivity index (χ3v) is 3.53. The van der Waals surface area contributed by atoms with Gasteiger partial charge in [-0.05, 0) is 19.3 Å². The second kappa shape index (κ2) is 4.69. The summed E-state index contributed by atoms with van der Waals surface area (Å²) in [5, 5.41) is 9.70. The molecule has 16 heavy (non-hydrogen) atoms. The number of carbonyl (C=O) groups is 1. The summed E-state index contributed by atoms with van der Waals surface area (Å²) in [5.74, 6) is -0.0252. The molecule has 2 rings (SSSR count). The molecule has 2 atom stereocenters. The van der Waals surface area contributed by atoms with E-state index < -0.39 is 0 Å². The lowest BCUT2D eigenvalue weighted by atomic mass is 9.84. The van der Waals surface area contributed by atoms with Crippen molar-refractivity contribution in [2.24, 2.45) is 5.73 Å². The van der Waals surface area contributed by atoms with Gasteiger partial charge < -0.3 is 20.5 Å². The Kier molecular flexibility index (Phi) is 3.47. The highest BCUT2D eigenvalue weighted by Crippen LogP contribution is 2.33. The number of nitrogens with zero attached hydrogens (tertiary/aromatic N) is 1. The second-order valence-electron chi connectivity index (χ2n) is 4.80. The Morgan fingerprint density at radius 2 is 2.44 bits per heavy atom. The van der Waals surface area contributed by atoms with E-state index in [0.717, 1.165) is 19.4 Å². The van der Waals surface area contributed by atoms with E-state index in [2.05, 4.69) is 0 Å². The van der Waals surface area contributed by atoms with Gasteiger partial charge in [-0.2, -0.15) is 0 Å². The number of amides is 1. The average molecular weight is 228 g/mol. The van der Waals surface area contributed by atoms with Crippen molar-refractivity contribution in [1.82, 2.24) is 4.90 Å². The van der Waals surface area contributed by atoms with E-state index >= 15 is 0 Å². The summed E-state index contributed by atoms with van der Waals surface area (Å²) >= 11 is 0. The standard InChI is InChI=1S/C11H20N2O3/c12-7-10(15)13-4-1-3-11(8-13)6-9(14)2-5-16-11/h9,14H,1-8,12H2. The van der Waals surface area contributed by atoms with Gasteiger partial charge in [0.1, 0.15) is 0 Å². The molecule has 0 radical (unpaired) electrons. The summed E-state index contributed by atoms with van der Waals surface area (Å²) < 4.78 is 5.81. The molecular formula is C11H20N2O3. The monoisotopic (exact) mass is 228 g/mol. The number of piperidine rings is 1. The minimum Gasteiger partial charge on any atom is -0.393 e. The number of carbonyl (C=O) groups excluding carboxylic acids is 1. The fourth-order valence-electron chi connectivity index (χ4n) is 2.73. The molecule has 3 N–H and O–H groups in total. The quantitative estimate of drug-likeness (QED) is 0.633. The van der Waals surface area contributed by atoms with E-state index in [1.54, 1.807) is 4.90 Å². The summed E-state index contributed by atoms with van der Waals surface area (Å²) in [6.45, 7) is 1.99. The number of hydrogen-bond donors (Lipinski definition) is 2. The van der Waals surface area contributed by atoms with Crippen LogP contribution in [0.1, 0.15) is 25.7 Å². The zero-order valence-corrected chi connectivity index (χ0v) is 9.52. The fraction of sp³-hybridized carbons (Fsp3) is 0.909. The van der Waals surface area contributed by atoms with Gasteiger partial charge in [-0.15, -0.1) is 0 Å². The first-order chi connectivity index (χ1) is 7.65.